The van der Waals surface area contributed by atoms with E-state index >= 15 is 0 Å². The first-order valence-electron chi connectivity index (χ1n) is 18.4. The lowest BCUT2D eigenvalue weighted by atomic mass is 9.89. The predicted molar refractivity (Wildman–Crippen MR) is 227 cm³/mol. The van der Waals surface area contributed by atoms with E-state index in [1.165, 1.54) is 48.8 Å². The van der Waals surface area contributed by atoms with Crippen molar-refractivity contribution in [2.75, 3.05) is 0 Å². The maximum Gasteiger partial charge on any atom is 0.0992 e. The van der Waals surface area contributed by atoms with E-state index < -0.39 is 0 Å². The normalized spacial score (nSPS) is 11.6. The third-order valence-corrected chi connectivity index (χ3v) is 11.0. The van der Waals surface area contributed by atoms with Gasteiger partial charge in [0.2, 0.25) is 0 Å². The first-order valence-corrected chi connectivity index (χ1v) is 18.4. The Morgan fingerprint density at radius 1 is 0.418 bits per heavy atom. The highest BCUT2D eigenvalue weighted by atomic mass is 15.0. The van der Waals surface area contributed by atoms with Crippen LogP contribution in [-0.2, 0) is 0 Å². The zero-order chi connectivity index (χ0) is 36.5. The van der Waals surface area contributed by atoms with Gasteiger partial charge in [0.1, 0.15) is 0 Å². The van der Waals surface area contributed by atoms with Crippen molar-refractivity contribution in [1.82, 2.24) is 14.5 Å². The van der Waals surface area contributed by atoms with Crippen molar-refractivity contribution in [2.24, 2.45) is 0 Å². The molecule has 0 spiro atoms. The number of rotatable bonds is 5. The third-order valence-electron chi connectivity index (χ3n) is 11.0. The Bertz CT molecular complexity index is 3230. The van der Waals surface area contributed by atoms with Gasteiger partial charge in [0.05, 0.1) is 34.1 Å². The number of nitriles is 1. The number of hydrogen-bond donors (Lipinski definition) is 0. The highest BCUT2D eigenvalue weighted by Gasteiger charge is 2.16. The Hall–Kier alpha value is -7.61. The van der Waals surface area contributed by atoms with Crippen LogP contribution >= 0.6 is 0 Å². The average molecular weight is 699 g/mol. The largest absolute Gasteiger partial charge is 0.309 e. The number of fused-ring (bicyclic) bond motifs is 3. The molecule has 254 valence electrons. The van der Waals surface area contributed by atoms with Crippen molar-refractivity contribution in [3.63, 3.8) is 0 Å². The van der Waals surface area contributed by atoms with Gasteiger partial charge in [-0.3, -0.25) is 4.98 Å². The molecule has 0 radical (unpaired) electrons. The maximum absolute atomic E-state index is 9.67. The number of nitrogens with zero attached hydrogens (tertiary/aromatic N) is 4. The lowest BCUT2D eigenvalue weighted by Crippen LogP contribution is -1.93. The van der Waals surface area contributed by atoms with Gasteiger partial charge < -0.3 is 4.57 Å². The molecule has 3 aromatic heterocycles. The number of benzene rings is 8. The highest BCUT2D eigenvalue weighted by molar-refractivity contribution is 6.24. The average Bonchev–Trinajstić information content (AvgIpc) is 3.58. The van der Waals surface area contributed by atoms with Crippen molar-refractivity contribution in [1.29, 1.82) is 5.26 Å². The Balaban J connectivity index is 0.960. The maximum atomic E-state index is 9.67. The van der Waals surface area contributed by atoms with E-state index in [0.717, 1.165) is 55.7 Å². The Morgan fingerprint density at radius 3 is 1.60 bits per heavy atom. The molecule has 0 amide bonds. The van der Waals surface area contributed by atoms with E-state index in [0.29, 0.717) is 5.56 Å². The number of pyridine rings is 2. The van der Waals surface area contributed by atoms with Crippen LogP contribution in [0.25, 0.3) is 105 Å². The molecule has 0 saturated carbocycles. The SMILES string of the molecule is N#Cc1ccc2c3ccc(-c4ccc(-c5cc6ccc7cc(-c8cccc(-c9ccncc9)n8)cc8ccc(c5)c6c78)cc4)cc3n(-c3ccccc3)c2c1. The lowest BCUT2D eigenvalue weighted by molar-refractivity contribution is 1.18. The van der Waals surface area contributed by atoms with Gasteiger partial charge in [-0.1, -0.05) is 91.0 Å². The van der Waals surface area contributed by atoms with Crippen LogP contribution in [0, 0.1) is 11.3 Å². The smallest absolute Gasteiger partial charge is 0.0992 e. The van der Waals surface area contributed by atoms with Crippen LogP contribution in [0.2, 0.25) is 0 Å². The van der Waals surface area contributed by atoms with Crippen LogP contribution in [0.3, 0.4) is 0 Å². The molecule has 0 aliphatic carbocycles. The summed E-state index contributed by atoms with van der Waals surface area (Å²) in [6, 6.07) is 62.7. The summed E-state index contributed by atoms with van der Waals surface area (Å²) in [5, 5.41) is 19.5. The molecular formula is C51H30N4. The van der Waals surface area contributed by atoms with Gasteiger partial charge in [-0.15, -0.1) is 0 Å². The summed E-state index contributed by atoms with van der Waals surface area (Å²) in [7, 11) is 0. The van der Waals surface area contributed by atoms with Crippen molar-refractivity contribution in [2.45, 2.75) is 0 Å². The molecule has 3 heterocycles. The van der Waals surface area contributed by atoms with Crippen molar-refractivity contribution in [3.8, 4) is 56.5 Å². The molecule has 11 aromatic rings. The summed E-state index contributed by atoms with van der Waals surface area (Å²) in [6.45, 7) is 0. The van der Waals surface area contributed by atoms with Gasteiger partial charge in [-0.25, -0.2) is 4.98 Å². The van der Waals surface area contributed by atoms with E-state index in [-0.39, 0.29) is 0 Å². The minimum absolute atomic E-state index is 0.654. The fourth-order valence-electron chi connectivity index (χ4n) is 8.41. The summed E-state index contributed by atoms with van der Waals surface area (Å²) >= 11 is 0. The van der Waals surface area contributed by atoms with Crippen LogP contribution in [0.1, 0.15) is 5.56 Å². The first-order chi connectivity index (χ1) is 27.2. The molecule has 0 atom stereocenters. The lowest BCUT2D eigenvalue weighted by Gasteiger charge is -2.15. The van der Waals surface area contributed by atoms with Crippen molar-refractivity contribution in [3.05, 3.63) is 188 Å². The zero-order valence-electron chi connectivity index (χ0n) is 29.6. The molecule has 0 saturated heterocycles. The molecule has 0 bridgehead atoms. The second-order valence-electron chi connectivity index (χ2n) is 14.2. The van der Waals surface area contributed by atoms with Crippen LogP contribution in [0.5, 0.6) is 0 Å². The molecule has 11 rings (SSSR count). The molecule has 4 nitrogen and oxygen atoms in total. The summed E-state index contributed by atoms with van der Waals surface area (Å²) < 4.78 is 2.27. The van der Waals surface area contributed by atoms with Crippen molar-refractivity contribution < 1.29 is 0 Å². The van der Waals surface area contributed by atoms with Gasteiger partial charge in [-0.2, -0.15) is 5.26 Å². The number of hydrogen-bond acceptors (Lipinski definition) is 3. The fraction of sp³-hybridized carbons (Fsp3) is 0. The van der Waals surface area contributed by atoms with Crippen molar-refractivity contribution >= 4 is 54.1 Å². The number of aromatic nitrogens is 3. The summed E-state index contributed by atoms with van der Waals surface area (Å²) in [4.78, 5) is 9.19. The minimum Gasteiger partial charge on any atom is -0.309 e. The Morgan fingerprint density at radius 2 is 0.964 bits per heavy atom. The van der Waals surface area contributed by atoms with Crippen LogP contribution in [0.15, 0.2) is 182 Å². The molecule has 4 heteroatoms. The zero-order valence-corrected chi connectivity index (χ0v) is 29.6. The molecule has 8 aromatic carbocycles. The third kappa shape index (κ3) is 5.06. The highest BCUT2D eigenvalue weighted by Crippen LogP contribution is 2.40. The minimum atomic E-state index is 0.654. The molecule has 55 heavy (non-hydrogen) atoms. The van der Waals surface area contributed by atoms with Gasteiger partial charge in [0, 0.05) is 40.0 Å². The summed E-state index contributed by atoms with van der Waals surface area (Å²) in [5.74, 6) is 0. The first kappa shape index (κ1) is 31.0. The molecule has 0 unspecified atom stereocenters. The van der Waals surface area contributed by atoms with E-state index in [2.05, 4.69) is 149 Å². The van der Waals surface area contributed by atoms with Gasteiger partial charge in [-0.05, 0) is 133 Å². The van der Waals surface area contributed by atoms with Gasteiger partial charge in [0.25, 0.3) is 0 Å². The fourth-order valence-corrected chi connectivity index (χ4v) is 8.41. The van der Waals surface area contributed by atoms with Gasteiger partial charge >= 0.3 is 0 Å². The molecule has 0 N–H and O–H groups in total. The monoisotopic (exact) mass is 698 g/mol. The summed E-state index contributed by atoms with van der Waals surface area (Å²) in [6.07, 6.45) is 3.61. The molecule has 0 aliphatic rings. The van der Waals surface area contributed by atoms with E-state index in [1.54, 1.807) is 12.4 Å². The van der Waals surface area contributed by atoms with Crippen LogP contribution < -0.4 is 0 Å². The van der Waals surface area contributed by atoms with E-state index in [4.69, 9.17) is 4.98 Å². The van der Waals surface area contributed by atoms with Crippen LogP contribution in [0.4, 0.5) is 0 Å². The second-order valence-corrected chi connectivity index (χ2v) is 14.2. The molecular weight excluding hydrogens is 669 g/mol. The molecule has 0 aliphatic heterocycles. The quantitative estimate of drug-likeness (QED) is 0.168. The van der Waals surface area contributed by atoms with E-state index in [9.17, 15) is 5.26 Å². The second kappa shape index (κ2) is 12.2. The summed E-state index contributed by atoms with van der Waals surface area (Å²) in [5.41, 5.74) is 12.6. The molecule has 0 fully saturated rings. The topological polar surface area (TPSA) is 54.5 Å². The Kier molecular flexibility index (Phi) is 6.89. The van der Waals surface area contributed by atoms with Gasteiger partial charge in [0.15, 0.2) is 0 Å². The predicted octanol–water partition coefficient (Wildman–Crippen LogP) is 13.0. The number of para-hydroxylation sites is 1. The van der Waals surface area contributed by atoms with Crippen LogP contribution in [-0.4, -0.2) is 14.5 Å². The standard InChI is InChI=1S/C51H30N4/c52-31-32-9-19-44-45-20-18-36(30-49(45)55(48(44)25-32)43-5-2-1-3-6-43)33-10-12-34(13-11-33)41-26-37-14-16-39-28-42(29-40-17-15-38(27-41)50(37)51(39)40)47-8-4-7-46(54-47)35-21-23-53-24-22-35/h1-30H. The van der Waals surface area contributed by atoms with E-state index in [1.807, 2.05) is 36.4 Å². The Labute approximate surface area is 317 Å².